The first-order valence-electron chi connectivity index (χ1n) is 10.3. The highest BCUT2D eigenvalue weighted by molar-refractivity contribution is 6.09. The third-order valence-corrected chi connectivity index (χ3v) is 6.88. The van der Waals surface area contributed by atoms with Crippen LogP contribution in [0.3, 0.4) is 0 Å². The molecule has 4 aliphatic rings. The van der Waals surface area contributed by atoms with Gasteiger partial charge in [0.05, 0.1) is 19.1 Å². The van der Waals surface area contributed by atoms with E-state index in [1.54, 1.807) is 0 Å². The Hall–Kier alpha value is -1.62. The van der Waals surface area contributed by atoms with Crippen LogP contribution in [-0.2, 0) is 23.8 Å². The molecule has 0 spiro atoms. The van der Waals surface area contributed by atoms with Crippen LogP contribution in [0.15, 0.2) is 22.8 Å². The van der Waals surface area contributed by atoms with E-state index in [1.807, 2.05) is 13.8 Å². The van der Waals surface area contributed by atoms with Crippen LogP contribution in [0.1, 0.15) is 26.7 Å². The summed E-state index contributed by atoms with van der Waals surface area (Å²) in [5.74, 6) is -1.07. The number of ketones is 1. The number of hydrogen-bond acceptors (Lipinski definition) is 9. The molecule has 0 radical (unpaired) electrons. The van der Waals surface area contributed by atoms with E-state index in [0.717, 1.165) is 12.0 Å². The molecule has 2 aliphatic heterocycles. The minimum atomic E-state index is -1.54. The highest BCUT2D eigenvalue weighted by atomic mass is 16.7. The van der Waals surface area contributed by atoms with E-state index in [4.69, 9.17) is 14.2 Å². The lowest BCUT2D eigenvalue weighted by Crippen LogP contribution is -2.59. The zero-order valence-corrected chi connectivity index (χ0v) is 16.9. The van der Waals surface area contributed by atoms with E-state index >= 15 is 0 Å². The van der Waals surface area contributed by atoms with Crippen molar-refractivity contribution in [2.24, 2.45) is 17.8 Å². The van der Waals surface area contributed by atoms with Crippen LogP contribution >= 0.6 is 0 Å². The Kier molecular flexibility index (Phi) is 5.86. The molecule has 2 fully saturated rings. The Balaban J connectivity index is 1.54. The van der Waals surface area contributed by atoms with Crippen molar-refractivity contribution in [3.05, 3.63) is 22.8 Å². The third-order valence-electron chi connectivity index (χ3n) is 6.88. The van der Waals surface area contributed by atoms with Crippen molar-refractivity contribution in [1.29, 1.82) is 0 Å². The summed E-state index contributed by atoms with van der Waals surface area (Å²) in [5, 5.41) is 39.3. The van der Waals surface area contributed by atoms with Crippen LogP contribution in [0.5, 0.6) is 0 Å². The maximum atomic E-state index is 12.7. The van der Waals surface area contributed by atoms with Crippen LogP contribution in [0.2, 0.25) is 0 Å². The molecule has 0 bridgehead atoms. The maximum Gasteiger partial charge on any atom is 0.309 e. The molecule has 0 saturated carbocycles. The quantitative estimate of drug-likeness (QED) is 0.427. The number of carbonyl (C=O) groups excluding carboxylic acids is 2. The molecule has 30 heavy (non-hydrogen) atoms. The Morgan fingerprint density at radius 1 is 1.17 bits per heavy atom. The first-order chi connectivity index (χ1) is 14.2. The molecule has 2 saturated heterocycles. The van der Waals surface area contributed by atoms with Gasteiger partial charge in [0.15, 0.2) is 12.1 Å². The molecule has 4 N–H and O–H groups in total. The molecule has 166 valence electrons. The Morgan fingerprint density at radius 3 is 2.60 bits per heavy atom. The molecule has 0 amide bonds. The van der Waals surface area contributed by atoms with Gasteiger partial charge in [-0.05, 0) is 31.4 Å². The summed E-state index contributed by atoms with van der Waals surface area (Å²) in [7, 11) is 0. The first-order valence-corrected chi connectivity index (χ1v) is 10.3. The second-order valence-corrected chi connectivity index (χ2v) is 8.66. The topological polar surface area (TPSA) is 143 Å². The normalized spacial score (nSPS) is 43.8. The van der Waals surface area contributed by atoms with Gasteiger partial charge in [0.25, 0.3) is 0 Å². The van der Waals surface area contributed by atoms with Crippen LogP contribution in [0, 0.1) is 17.8 Å². The molecule has 4 rings (SSSR count). The van der Waals surface area contributed by atoms with Gasteiger partial charge < -0.3 is 34.6 Å². The van der Waals surface area contributed by atoms with Crippen molar-refractivity contribution in [3.63, 3.8) is 0 Å². The fourth-order valence-electron chi connectivity index (χ4n) is 5.08. The van der Waals surface area contributed by atoms with E-state index in [0.29, 0.717) is 17.6 Å². The lowest BCUT2D eigenvalue weighted by molar-refractivity contribution is -0.299. The van der Waals surface area contributed by atoms with E-state index in [-0.39, 0.29) is 30.2 Å². The van der Waals surface area contributed by atoms with Crippen molar-refractivity contribution >= 4 is 11.8 Å². The zero-order chi connectivity index (χ0) is 21.7. The summed E-state index contributed by atoms with van der Waals surface area (Å²) in [6.45, 7) is 3.12. The molecule has 2 heterocycles. The molecule has 9 heteroatoms. The predicted molar refractivity (Wildman–Crippen MR) is 101 cm³/mol. The fourth-order valence-corrected chi connectivity index (χ4v) is 5.08. The van der Waals surface area contributed by atoms with E-state index in [9.17, 15) is 30.0 Å². The SMILES string of the molecule is CC1=C2C(=O)C=C(CO[C@@H]3O[C@H](CO)[C@@H](O)[C@H](O)[C@H]3O)[C@@H]2[C@H]2OC(=O)[C@@H](C)[C@@H]2CC1. The average Bonchev–Trinajstić information content (AvgIpc) is 3.14. The summed E-state index contributed by atoms with van der Waals surface area (Å²) >= 11 is 0. The number of aliphatic hydroxyl groups is 4. The molecule has 0 aromatic carbocycles. The zero-order valence-electron chi connectivity index (χ0n) is 16.9. The number of ether oxygens (including phenoxy) is 3. The van der Waals surface area contributed by atoms with Gasteiger partial charge in [-0.3, -0.25) is 9.59 Å². The average molecular weight is 424 g/mol. The number of aliphatic hydroxyl groups excluding tert-OH is 4. The minimum absolute atomic E-state index is 0.00323. The summed E-state index contributed by atoms with van der Waals surface area (Å²) in [5.41, 5.74) is 2.23. The monoisotopic (exact) mass is 424 g/mol. The predicted octanol–water partition coefficient (Wildman–Crippen LogP) is -0.784. The van der Waals surface area contributed by atoms with Crippen molar-refractivity contribution in [1.82, 2.24) is 0 Å². The van der Waals surface area contributed by atoms with Gasteiger partial charge in [0.1, 0.15) is 30.5 Å². The fraction of sp³-hybridized carbons (Fsp3) is 0.714. The summed E-state index contributed by atoms with van der Waals surface area (Å²) in [4.78, 5) is 24.9. The van der Waals surface area contributed by atoms with Gasteiger partial charge in [-0.2, -0.15) is 0 Å². The highest BCUT2D eigenvalue weighted by Gasteiger charge is 2.52. The second-order valence-electron chi connectivity index (χ2n) is 8.66. The van der Waals surface area contributed by atoms with E-state index < -0.39 is 49.3 Å². The van der Waals surface area contributed by atoms with Crippen LogP contribution < -0.4 is 0 Å². The molecule has 0 unspecified atom stereocenters. The van der Waals surface area contributed by atoms with Crippen molar-refractivity contribution in [2.45, 2.75) is 63.5 Å². The molecular weight excluding hydrogens is 396 g/mol. The second kappa shape index (κ2) is 8.14. The number of rotatable bonds is 4. The summed E-state index contributed by atoms with van der Waals surface area (Å²) in [6.07, 6.45) is -4.41. The first kappa shape index (κ1) is 21.6. The number of allylic oxidation sites excluding steroid dienone is 2. The Morgan fingerprint density at radius 2 is 1.90 bits per heavy atom. The Labute approximate surface area is 173 Å². The van der Waals surface area contributed by atoms with Crippen molar-refractivity contribution in [3.8, 4) is 0 Å². The number of carbonyl (C=O) groups is 2. The smallest absolute Gasteiger partial charge is 0.309 e. The largest absolute Gasteiger partial charge is 0.461 e. The molecule has 2 aliphatic carbocycles. The number of hydrogen-bond donors (Lipinski definition) is 4. The van der Waals surface area contributed by atoms with Crippen LogP contribution in [0.4, 0.5) is 0 Å². The minimum Gasteiger partial charge on any atom is -0.461 e. The third kappa shape index (κ3) is 3.43. The van der Waals surface area contributed by atoms with Crippen molar-refractivity contribution < 1.29 is 44.2 Å². The van der Waals surface area contributed by atoms with Gasteiger partial charge in [0, 0.05) is 17.4 Å². The lowest BCUT2D eigenvalue weighted by Gasteiger charge is -2.39. The standard InChI is InChI=1S/C21H28O9/c1-8-3-4-11-9(2)20(27)30-19(11)15-10(5-12(23)14(8)15)7-28-21-18(26)17(25)16(24)13(6-22)29-21/h5,9,11,13,15-19,21-22,24-26H,3-4,6-7H2,1-2H3/t9-,11-,13+,15-,16+,17-,18+,19-,21+/m0/s1. The van der Waals surface area contributed by atoms with Crippen molar-refractivity contribution in [2.75, 3.05) is 13.2 Å². The van der Waals surface area contributed by atoms with Gasteiger partial charge >= 0.3 is 5.97 Å². The van der Waals surface area contributed by atoms with Crippen LogP contribution in [-0.4, -0.2) is 82.2 Å². The van der Waals surface area contributed by atoms with Gasteiger partial charge in [-0.15, -0.1) is 0 Å². The van der Waals surface area contributed by atoms with Gasteiger partial charge in [-0.1, -0.05) is 12.5 Å². The molecular formula is C21H28O9. The van der Waals surface area contributed by atoms with Gasteiger partial charge in [0.2, 0.25) is 0 Å². The van der Waals surface area contributed by atoms with Gasteiger partial charge in [-0.25, -0.2) is 0 Å². The lowest BCUT2D eigenvalue weighted by atomic mass is 9.81. The molecule has 9 atom stereocenters. The number of fused-ring (bicyclic) bond motifs is 3. The molecule has 9 nitrogen and oxygen atoms in total. The summed E-state index contributed by atoms with van der Waals surface area (Å²) in [6, 6.07) is 0. The van der Waals surface area contributed by atoms with E-state index in [1.165, 1.54) is 6.08 Å². The number of esters is 1. The van der Waals surface area contributed by atoms with Crippen LogP contribution in [0.25, 0.3) is 0 Å². The highest BCUT2D eigenvalue weighted by Crippen LogP contribution is 2.48. The van der Waals surface area contributed by atoms with E-state index in [2.05, 4.69) is 0 Å². The molecule has 0 aromatic rings. The summed E-state index contributed by atoms with van der Waals surface area (Å²) < 4.78 is 16.7. The Bertz CT molecular complexity index is 785. The maximum absolute atomic E-state index is 12.7. The molecule has 0 aromatic heterocycles.